The Hall–Kier alpha value is -3.09. The molecule has 2 aliphatic rings. The third kappa shape index (κ3) is 4.50. The van der Waals surface area contributed by atoms with Gasteiger partial charge in [-0.1, -0.05) is 32.0 Å². The summed E-state index contributed by atoms with van der Waals surface area (Å²) in [5, 5.41) is 5.87. The average Bonchev–Trinajstić information content (AvgIpc) is 2.72. The SMILES string of the molecule is Cc1cccc(NC(=O)[C@@H](NC(=O)N2C[C@H]3C[C@@H](C2)c2cccc(=O)n2C3)C(C)C)c1. The number of pyridine rings is 1. The Balaban J connectivity index is 1.45. The van der Waals surface area contributed by atoms with E-state index >= 15 is 0 Å². The molecule has 1 aromatic carbocycles. The predicted molar refractivity (Wildman–Crippen MR) is 120 cm³/mol. The van der Waals surface area contributed by atoms with Crippen LogP contribution < -0.4 is 16.2 Å². The van der Waals surface area contributed by atoms with Crippen molar-refractivity contribution in [1.82, 2.24) is 14.8 Å². The smallest absolute Gasteiger partial charge is 0.318 e. The minimum Gasteiger partial charge on any atom is -0.326 e. The Bertz CT molecular complexity index is 1050. The summed E-state index contributed by atoms with van der Waals surface area (Å²) in [4.78, 5) is 40.0. The quantitative estimate of drug-likeness (QED) is 0.795. The van der Waals surface area contributed by atoms with Gasteiger partial charge in [0, 0.05) is 43.0 Å². The van der Waals surface area contributed by atoms with E-state index in [1.165, 1.54) is 0 Å². The summed E-state index contributed by atoms with van der Waals surface area (Å²) < 4.78 is 1.85. The number of rotatable bonds is 4. The van der Waals surface area contributed by atoms with Crippen molar-refractivity contribution in [3.8, 4) is 0 Å². The van der Waals surface area contributed by atoms with Crippen LogP contribution in [0.4, 0.5) is 10.5 Å². The molecule has 7 heteroatoms. The first-order valence-corrected chi connectivity index (χ1v) is 10.9. The molecule has 0 saturated carbocycles. The van der Waals surface area contributed by atoms with Crippen LogP contribution in [0.25, 0.3) is 0 Å². The van der Waals surface area contributed by atoms with Gasteiger partial charge < -0.3 is 20.1 Å². The Labute approximate surface area is 182 Å². The van der Waals surface area contributed by atoms with E-state index in [2.05, 4.69) is 10.6 Å². The molecule has 0 aliphatic carbocycles. The highest BCUT2D eigenvalue weighted by atomic mass is 16.2. The standard InChI is InChI=1S/C24H30N4O3/c1-15(2)22(23(30)25-19-7-4-6-16(3)10-19)26-24(31)27-12-17-11-18(14-27)20-8-5-9-21(29)28(20)13-17/h4-10,15,17-18,22H,11-14H2,1-3H3,(H,25,30)(H,26,31)/t17-,18+,22+/m1/s1. The van der Waals surface area contributed by atoms with E-state index in [1.807, 2.05) is 55.7 Å². The van der Waals surface area contributed by atoms with E-state index in [0.717, 1.165) is 23.4 Å². The Morgan fingerprint density at radius 3 is 2.58 bits per heavy atom. The summed E-state index contributed by atoms with van der Waals surface area (Å²) in [6.45, 7) is 7.60. The summed E-state index contributed by atoms with van der Waals surface area (Å²) in [5.41, 5.74) is 2.80. The van der Waals surface area contributed by atoms with E-state index < -0.39 is 6.04 Å². The van der Waals surface area contributed by atoms with Crippen LogP contribution in [-0.4, -0.2) is 40.5 Å². The molecular formula is C24H30N4O3. The van der Waals surface area contributed by atoms with E-state index in [9.17, 15) is 14.4 Å². The third-order valence-electron chi connectivity index (χ3n) is 6.28. The first-order valence-electron chi connectivity index (χ1n) is 10.9. The number of hydrogen-bond donors (Lipinski definition) is 2. The number of likely N-dealkylation sites (tertiary alicyclic amines) is 1. The highest BCUT2D eigenvalue weighted by Gasteiger charge is 2.37. The fraction of sp³-hybridized carbons (Fsp3) is 0.458. The molecule has 0 radical (unpaired) electrons. The Morgan fingerprint density at radius 1 is 1.06 bits per heavy atom. The summed E-state index contributed by atoms with van der Waals surface area (Å²) >= 11 is 0. The van der Waals surface area contributed by atoms with Crippen LogP contribution in [0, 0.1) is 18.8 Å². The minimum absolute atomic E-state index is 0.0257. The lowest BCUT2D eigenvalue weighted by atomic mass is 9.83. The molecule has 0 unspecified atom stereocenters. The number of urea groups is 1. The van der Waals surface area contributed by atoms with Crippen molar-refractivity contribution in [2.45, 2.75) is 45.7 Å². The van der Waals surface area contributed by atoms with Gasteiger partial charge in [0.2, 0.25) is 5.91 Å². The van der Waals surface area contributed by atoms with Crippen molar-refractivity contribution in [3.05, 3.63) is 64.1 Å². The first kappa shape index (κ1) is 21.2. The normalized spacial score (nSPS) is 20.7. The van der Waals surface area contributed by atoms with Gasteiger partial charge in [-0.05, 0) is 48.9 Å². The van der Waals surface area contributed by atoms with Crippen LogP contribution in [0.3, 0.4) is 0 Å². The molecule has 1 saturated heterocycles. The van der Waals surface area contributed by atoms with Gasteiger partial charge in [0.1, 0.15) is 6.04 Å². The largest absolute Gasteiger partial charge is 0.326 e. The molecule has 2 bridgehead atoms. The fourth-order valence-electron chi connectivity index (χ4n) is 4.76. The lowest BCUT2D eigenvalue weighted by Gasteiger charge is -2.43. The van der Waals surface area contributed by atoms with Crippen molar-refractivity contribution in [2.24, 2.45) is 11.8 Å². The van der Waals surface area contributed by atoms with E-state index in [1.54, 1.807) is 17.0 Å². The maximum absolute atomic E-state index is 13.1. The molecule has 7 nitrogen and oxygen atoms in total. The zero-order chi connectivity index (χ0) is 22.1. The molecule has 3 amide bonds. The number of aromatic nitrogens is 1. The predicted octanol–water partition coefficient (Wildman–Crippen LogP) is 2.95. The molecule has 1 aromatic heterocycles. The minimum atomic E-state index is -0.635. The van der Waals surface area contributed by atoms with Crippen LogP contribution in [0.2, 0.25) is 0 Å². The third-order valence-corrected chi connectivity index (χ3v) is 6.28. The fourth-order valence-corrected chi connectivity index (χ4v) is 4.76. The van der Waals surface area contributed by atoms with Crippen LogP contribution in [0.15, 0.2) is 47.3 Å². The molecule has 1 fully saturated rings. The van der Waals surface area contributed by atoms with Gasteiger partial charge in [-0.15, -0.1) is 0 Å². The lowest BCUT2D eigenvalue weighted by Crippen LogP contribution is -2.56. The van der Waals surface area contributed by atoms with Crippen molar-refractivity contribution in [1.29, 1.82) is 0 Å². The van der Waals surface area contributed by atoms with Gasteiger partial charge in [0.05, 0.1) is 0 Å². The van der Waals surface area contributed by atoms with E-state index in [4.69, 9.17) is 0 Å². The van der Waals surface area contributed by atoms with Gasteiger partial charge in [0.25, 0.3) is 5.56 Å². The Morgan fingerprint density at radius 2 is 1.84 bits per heavy atom. The molecule has 2 aromatic rings. The molecule has 2 aliphatic heterocycles. The topological polar surface area (TPSA) is 83.4 Å². The molecule has 2 N–H and O–H groups in total. The second-order valence-corrected chi connectivity index (χ2v) is 9.13. The van der Waals surface area contributed by atoms with Gasteiger partial charge >= 0.3 is 6.03 Å². The highest BCUT2D eigenvalue weighted by molar-refractivity contribution is 5.97. The number of benzene rings is 1. The van der Waals surface area contributed by atoms with Gasteiger partial charge in [0.15, 0.2) is 0 Å². The van der Waals surface area contributed by atoms with Crippen molar-refractivity contribution >= 4 is 17.6 Å². The number of nitrogens with zero attached hydrogens (tertiary/aromatic N) is 2. The van der Waals surface area contributed by atoms with Gasteiger partial charge in [-0.25, -0.2) is 4.79 Å². The zero-order valence-corrected chi connectivity index (χ0v) is 18.3. The average molecular weight is 423 g/mol. The molecule has 164 valence electrons. The summed E-state index contributed by atoms with van der Waals surface area (Å²) in [5.74, 6) is 0.113. The number of carbonyl (C=O) groups excluding carboxylic acids is 2. The van der Waals surface area contributed by atoms with Crippen molar-refractivity contribution in [3.63, 3.8) is 0 Å². The number of anilines is 1. The molecule has 3 atom stereocenters. The van der Waals surface area contributed by atoms with E-state index in [-0.39, 0.29) is 35.3 Å². The van der Waals surface area contributed by atoms with Crippen LogP contribution >= 0.6 is 0 Å². The summed E-state index contributed by atoms with van der Waals surface area (Å²) in [7, 11) is 0. The Kier molecular flexibility index (Phi) is 5.85. The van der Waals surface area contributed by atoms with Gasteiger partial charge in [-0.2, -0.15) is 0 Å². The van der Waals surface area contributed by atoms with Gasteiger partial charge in [-0.3, -0.25) is 9.59 Å². The number of piperidine rings is 1. The number of amides is 3. The molecule has 31 heavy (non-hydrogen) atoms. The number of hydrogen-bond acceptors (Lipinski definition) is 3. The maximum atomic E-state index is 13.1. The van der Waals surface area contributed by atoms with Crippen molar-refractivity contribution < 1.29 is 9.59 Å². The summed E-state index contributed by atoms with van der Waals surface area (Å²) in [6, 6.07) is 12.1. The van der Waals surface area contributed by atoms with Crippen LogP contribution in [0.1, 0.15) is 37.4 Å². The van der Waals surface area contributed by atoms with Crippen LogP contribution in [-0.2, 0) is 11.3 Å². The molecule has 3 heterocycles. The zero-order valence-electron chi connectivity index (χ0n) is 18.3. The molecular weight excluding hydrogens is 392 g/mol. The number of fused-ring (bicyclic) bond motifs is 4. The van der Waals surface area contributed by atoms with Crippen molar-refractivity contribution in [2.75, 3.05) is 18.4 Å². The number of aryl methyl sites for hydroxylation is 1. The first-order chi connectivity index (χ1) is 14.8. The molecule has 4 rings (SSSR count). The monoisotopic (exact) mass is 422 g/mol. The summed E-state index contributed by atoms with van der Waals surface area (Å²) in [6.07, 6.45) is 0.981. The number of nitrogens with one attached hydrogen (secondary N) is 2. The number of carbonyl (C=O) groups is 2. The second kappa shape index (κ2) is 8.57. The lowest BCUT2D eigenvalue weighted by molar-refractivity contribution is -0.118. The van der Waals surface area contributed by atoms with Crippen LogP contribution in [0.5, 0.6) is 0 Å². The second-order valence-electron chi connectivity index (χ2n) is 9.13. The van der Waals surface area contributed by atoms with E-state index in [0.29, 0.717) is 19.6 Å². The maximum Gasteiger partial charge on any atom is 0.318 e. The highest BCUT2D eigenvalue weighted by Crippen LogP contribution is 2.34. The molecule has 0 spiro atoms.